The van der Waals surface area contributed by atoms with Gasteiger partial charge in [0.2, 0.25) is 17.7 Å². The molecule has 0 aliphatic carbocycles. The van der Waals surface area contributed by atoms with Crippen molar-refractivity contribution in [2.24, 2.45) is 11.5 Å². The van der Waals surface area contributed by atoms with Gasteiger partial charge in [-0.15, -0.1) is 0 Å². The molecule has 114 valence electrons. The molecule has 0 saturated heterocycles. The monoisotopic (exact) mass is 290 g/mol. The number of hydrogen-bond acceptors (Lipinski definition) is 6. The first-order valence-electron chi connectivity index (χ1n) is 5.67. The summed E-state index contributed by atoms with van der Waals surface area (Å²) < 4.78 is 0. The lowest BCUT2D eigenvalue weighted by Gasteiger charge is -2.17. The van der Waals surface area contributed by atoms with Crippen LogP contribution in [0.15, 0.2) is 0 Å². The minimum absolute atomic E-state index is 0.376. The first-order chi connectivity index (χ1) is 9.15. The highest BCUT2D eigenvalue weighted by atomic mass is 16.4. The highest BCUT2D eigenvalue weighted by molar-refractivity contribution is 5.91. The number of carboxylic acids is 1. The summed E-state index contributed by atoms with van der Waals surface area (Å²) in [6.07, 6.45) is -1.68. The van der Waals surface area contributed by atoms with Crippen molar-refractivity contribution < 1.29 is 29.4 Å². The first kappa shape index (κ1) is 17.8. The Morgan fingerprint density at radius 2 is 1.80 bits per heavy atom. The van der Waals surface area contributed by atoms with Crippen LogP contribution in [0.1, 0.15) is 13.3 Å². The molecule has 3 amide bonds. The number of carboxylic acid groups (broad SMARTS) is 1. The zero-order valence-corrected chi connectivity index (χ0v) is 10.8. The van der Waals surface area contributed by atoms with Gasteiger partial charge < -0.3 is 32.3 Å². The molecule has 0 spiro atoms. The molecule has 0 aromatic rings. The van der Waals surface area contributed by atoms with Gasteiger partial charge in [0.25, 0.3) is 0 Å². The maximum atomic E-state index is 11.4. The van der Waals surface area contributed by atoms with Crippen molar-refractivity contribution in [3.05, 3.63) is 0 Å². The Kier molecular flexibility index (Phi) is 7.18. The van der Waals surface area contributed by atoms with E-state index in [4.69, 9.17) is 21.7 Å². The standard InChI is InChI=1S/C10H18N4O6/c1-4(15)8(10(19)20)14-7(17)3-13-9(18)5(11)2-6(12)16/h4-5,8,15H,2-3,11H2,1H3,(H2,12,16)(H,13,18)(H,14,17)(H,19,20). The molecule has 10 heteroatoms. The lowest BCUT2D eigenvalue weighted by Crippen LogP contribution is -2.52. The second-order valence-electron chi connectivity index (χ2n) is 4.12. The number of aliphatic hydroxyl groups excluding tert-OH is 1. The number of amides is 3. The molecule has 3 unspecified atom stereocenters. The molecule has 3 atom stereocenters. The topological polar surface area (TPSA) is 185 Å². The largest absolute Gasteiger partial charge is 0.480 e. The molecule has 0 fully saturated rings. The average molecular weight is 290 g/mol. The van der Waals surface area contributed by atoms with Gasteiger partial charge in [-0.2, -0.15) is 0 Å². The van der Waals surface area contributed by atoms with Gasteiger partial charge in [0.15, 0.2) is 6.04 Å². The van der Waals surface area contributed by atoms with E-state index in [1.807, 2.05) is 5.32 Å². The van der Waals surface area contributed by atoms with Crippen LogP contribution in [-0.2, 0) is 19.2 Å². The molecule has 0 aliphatic heterocycles. The summed E-state index contributed by atoms with van der Waals surface area (Å²) in [6, 6.07) is -2.67. The summed E-state index contributed by atoms with van der Waals surface area (Å²) >= 11 is 0. The Labute approximate surface area is 114 Å². The normalized spacial score (nSPS) is 14.8. The summed E-state index contributed by atoms with van der Waals surface area (Å²) in [7, 11) is 0. The molecule has 10 nitrogen and oxygen atoms in total. The second kappa shape index (κ2) is 8.07. The molecule has 0 heterocycles. The van der Waals surface area contributed by atoms with Crippen LogP contribution in [0.4, 0.5) is 0 Å². The van der Waals surface area contributed by atoms with Crippen molar-refractivity contribution in [1.29, 1.82) is 0 Å². The molecule has 0 aliphatic rings. The summed E-state index contributed by atoms with van der Waals surface area (Å²) in [5.41, 5.74) is 10.2. The van der Waals surface area contributed by atoms with Gasteiger partial charge in [0.05, 0.1) is 25.1 Å². The van der Waals surface area contributed by atoms with Crippen LogP contribution < -0.4 is 22.1 Å². The molecule has 0 aromatic heterocycles. The van der Waals surface area contributed by atoms with Crippen LogP contribution in [0.3, 0.4) is 0 Å². The van der Waals surface area contributed by atoms with Gasteiger partial charge in [0.1, 0.15) is 0 Å². The Hall–Kier alpha value is -2.20. The van der Waals surface area contributed by atoms with Gasteiger partial charge >= 0.3 is 5.97 Å². The van der Waals surface area contributed by atoms with Crippen LogP contribution in [-0.4, -0.2) is 58.6 Å². The van der Waals surface area contributed by atoms with E-state index in [0.29, 0.717) is 0 Å². The number of carbonyl (C=O) groups is 4. The van der Waals surface area contributed by atoms with Gasteiger partial charge in [-0.1, -0.05) is 0 Å². The van der Waals surface area contributed by atoms with Crippen LogP contribution in [0, 0.1) is 0 Å². The van der Waals surface area contributed by atoms with Gasteiger partial charge in [0, 0.05) is 0 Å². The van der Waals surface area contributed by atoms with Crippen molar-refractivity contribution in [1.82, 2.24) is 10.6 Å². The third-order valence-electron chi connectivity index (χ3n) is 2.25. The van der Waals surface area contributed by atoms with Crippen molar-refractivity contribution in [3.8, 4) is 0 Å². The minimum Gasteiger partial charge on any atom is -0.480 e. The predicted octanol–water partition coefficient (Wildman–Crippen LogP) is -3.74. The number of nitrogens with one attached hydrogen (secondary N) is 2. The summed E-state index contributed by atoms with van der Waals surface area (Å²) in [5.74, 6) is -3.77. The van der Waals surface area contributed by atoms with E-state index in [-0.39, 0.29) is 6.42 Å². The Morgan fingerprint density at radius 1 is 1.25 bits per heavy atom. The Morgan fingerprint density at radius 3 is 2.20 bits per heavy atom. The van der Waals surface area contributed by atoms with Crippen molar-refractivity contribution in [2.45, 2.75) is 31.5 Å². The van der Waals surface area contributed by atoms with Gasteiger partial charge in [-0.3, -0.25) is 14.4 Å². The van der Waals surface area contributed by atoms with E-state index < -0.39 is 48.4 Å². The molecule has 0 rings (SSSR count). The van der Waals surface area contributed by atoms with Crippen molar-refractivity contribution >= 4 is 23.7 Å². The predicted molar refractivity (Wildman–Crippen MR) is 66.0 cm³/mol. The summed E-state index contributed by atoms with van der Waals surface area (Å²) in [5, 5.41) is 22.0. The molecule has 0 bridgehead atoms. The fourth-order valence-corrected chi connectivity index (χ4v) is 1.22. The van der Waals surface area contributed by atoms with Crippen LogP contribution >= 0.6 is 0 Å². The van der Waals surface area contributed by atoms with Crippen molar-refractivity contribution in [3.63, 3.8) is 0 Å². The Bertz CT molecular complexity index is 397. The number of hydrogen-bond donors (Lipinski definition) is 6. The van der Waals surface area contributed by atoms with E-state index >= 15 is 0 Å². The van der Waals surface area contributed by atoms with Crippen LogP contribution in [0.5, 0.6) is 0 Å². The quantitative estimate of drug-likeness (QED) is 0.265. The maximum Gasteiger partial charge on any atom is 0.328 e. The zero-order chi connectivity index (χ0) is 15.9. The third-order valence-corrected chi connectivity index (χ3v) is 2.25. The van der Waals surface area contributed by atoms with E-state index in [2.05, 4.69) is 5.32 Å². The van der Waals surface area contributed by atoms with Crippen molar-refractivity contribution in [2.75, 3.05) is 6.54 Å². The zero-order valence-electron chi connectivity index (χ0n) is 10.8. The second-order valence-corrected chi connectivity index (χ2v) is 4.12. The lowest BCUT2D eigenvalue weighted by atomic mass is 10.2. The third kappa shape index (κ3) is 6.66. The molecular weight excluding hydrogens is 272 g/mol. The van der Waals surface area contributed by atoms with E-state index in [1.54, 1.807) is 0 Å². The van der Waals surface area contributed by atoms with Crippen LogP contribution in [0.2, 0.25) is 0 Å². The minimum atomic E-state index is -1.49. The van der Waals surface area contributed by atoms with Gasteiger partial charge in [-0.05, 0) is 6.92 Å². The number of primary amides is 1. The number of rotatable bonds is 8. The number of aliphatic carboxylic acids is 1. The SMILES string of the molecule is CC(O)C(NC(=O)CNC(=O)C(N)CC(N)=O)C(=O)O. The molecular formula is C10H18N4O6. The molecule has 8 N–H and O–H groups in total. The molecule has 0 saturated carbocycles. The fourth-order valence-electron chi connectivity index (χ4n) is 1.22. The van der Waals surface area contributed by atoms with Crippen LogP contribution in [0.25, 0.3) is 0 Å². The van der Waals surface area contributed by atoms with E-state index in [1.165, 1.54) is 6.92 Å². The number of carbonyl (C=O) groups excluding carboxylic acids is 3. The summed E-state index contributed by atoms with van der Waals surface area (Å²) in [6.45, 7) is 0.655. The Balaban J connectivity index is 4.25. The smallest absolute Gasteiger partial charge is 0.328 e. The lowest BCUT2D eigenvalue weighted by molar-refractivity contribution is -0.144. The fraction of sp³-hybridized carbons (Fsp3) is 0.600. The van der Waals surface area contributed by atoms with E-state index in [0.717, 1.165) is 0 Å². The molecule has 20 heavy (non-hydrogen) atoms. The van der Waals surface area contributed by atoms with Gasteiger partial charge in [-0.25, -0.2) is 4.79 Å². The maximum absolute atomic E-state index is 11.4. The average Bonchev–Trinajstić information content (AvgIpc) is 2.31. The molecule has 0 aromatic carbocycles. The van der Waals surface area contributed by atoms with E-state index in [9.17, 15) is 19.2 Å². The molecule has 0 radical (unpaired) electrons. The number of aliphatic hydroxyl groups is 1. The summed E-state index contributed by atoms with van der Waals surface area (Å²) in [4.78, 5) is 44.0. The highest BCUT2D eigenvalue weighted by Gasteiger charge is 2.25. The number of nitrogens with two attached hydrogens (primary N) is 2. The highest BCUT2D eigenvalue weighted by Crippen LogP contribution is 1.93. The first-order valence-corrected chi connectivity index (χ1v) is 5.67.